The molecule has 1 atom stereocenters. The number of nitrogens with one attached hydrogen (secondary N) is 1. The molecule has 0 amide bonds. The summed E-state index contributed by atoms with van der Waals surface area (Å²) < 4.78 is 1.79. The second kappa shape index (κ2) is 4.78. The minimum Gasteiger partial charge on any atom is -0.275 e. The zero-order chi connectivity index (χ0) is 11.5. The van der Waals surface area contributed by atoms with Gasteiger partial charge in [-0.25, -0.2) is 5.43 Å². The fourth-order valence-corrected chi connectivity index (χ4v) is 2.84. The number of aryl methyl sites for hydroxylation is 2. The maximum Gasteiger partial charge on any atom is 0.0994 e. The summed E-state index contributed by atoms with van der Waals surface area (Å²) in [6.45, 7) is 2.15. The molecular formula is C11H16N4S. The highest BCUT2D eigenvalue weighted by molar-refractivity contribution is 7.10. The number of nitrogens with zero attached hydrogens (tertiary/aromatic N) is 2. The average molecular weight is 236 g/mol. The fraction of sp³-hybridized carbons (Fsp3) is 0.364. The zero-order valence-electron chi connectivity index (χ0n) is 9.47. The van der Waals surface area contributed by atoms with Crippen LogP contribution in [-0.2, 0) is 13.5 Å². The van der Waals surface area contributed by atoms with E-state index in [1.165, 1.54) is 10.4 Å². The molecule has 3 N–H and O–H groups in total. The Morgan fingerprint density at radius 2 is 2.38 bits per heavy atom. The number of aromatic nitrogens is 2. The van der Waals surface area contributed by atoms with E-state index in [0.29, 0.717) is 0 Å². The van der Waals surface area contributed by atoms with Gasteiger partial charge in [0.05, 0.1) is 11.7 Å². The molecule has 16 heavy (non-hydrogen) atoms. The van der Waals surface area contributed by atoms with Crippen LogP contribution in [0, 0.1) is 0 Å². The molecule has 86 valence electrons. The Bertz CT molecular complexity index is 460. The van der Waals surface area contributed by atoms with Crippen molar-refractivity contribution in [3.8, 4) is 0 Å². The molecule has 4 nitrogen and oxygen atoms in total. The lowest BCUT2D eigenvalue weighted by Gasteiger charge is -2.13. The summed E-state index contributed by atoms with van der Waals surface area (Å²) in [5.74, 6) is 5.64. The van der Waals surface area contributed by atoms with Crippen molar-refractivity contribution < 1.29 is 0 Å². The highest BCUT2D eigenvalue weighted by Gasteiger charge is 2.18. The first-order valence-corrected chi connectivity index (χ1v) is 6.16. The minimum absolute atomic E-state index is 0.00356. The Balaban J connectivity index is 2.36. The van der Waals surface area contributed by atoms with Crippen molar-refractivity contribution in [2.24, 2.45) is 12.9 Å². The molecule has 0 fully saturated rings. The normalized spacial score (nSPS) is 12.9. The van der Waals surface area contributed by atoms with Gasteiger partial charge in [-0.1, -0.05) is 6.92 Å². The Morgan fingerprint density at radius 1 is 1.56 bits per heavy atom. The molecule has 2 heterocycles. The lowest BCUT2D eigenvalue weighted by Crippen LogP contribution is -2.29. The molecule has 0 aliphatic rings. The van der Waals surface area contributed by atoms with Crippen LogP contribution in [0.15, 0.2) is 23.7 Å². The quantitative estimate of drug-likeness (QED) is 0.626. The predicted molar refractivity (Wildman–Crippen MR) is 66.1 cm³/mol. The van der Waals surface area contributed by atoms with E-state index >= 15 is 0 Å². The molecule has 5 heteroatoms. The molecular weight excluding hydrogens is 220 g/mol. The molecule has 0 aromatic carbocycles. The van der Waals surface area contributed by atoms with Crippen LogP contribution < -0.4 is 11.3 Å². The molecule has 2 rings (SSSR count). The summed E-state index contributed by atoms with van der Waals surface area (Å²) in [7, 11) is 1.91. The number of thiophene rings is 1. The monoisotopic (exact) mass is 236 g/mol. The highest BCUT2D eigenvalue weighted by atomic mass is 32.1. The first kappa shape index (κ1) is 11.3. The Morgan fingerprint density at radius 3 is 2.94 bits per heavy atom. The summed E-state index contributed by atoms with van der Waals surface area (Å²) in [5.41, 5.74) is 5.14. The molecule has 0 saturated carbocycles. The van der Waals surface area contributed by atoms with Crippen molar-refractivity contribution in [1.82, 2.24) is 15.2 Å². The van der Waals surface area contributed by atoms with Gasteiger partial charge in [0.25, 0.3) is 0 Å². The maximum atomic E-state index is 5.64. The van der Waals surface area contributed by atoms with E-state index in [9.17, 15) is 0 Å². The third kappa shape index (κ3) is 2.02. The summed E-state index contributed by atoms with van der Waals surface area (Å²) in [5, 5.41) is 6.49. The van der Waals surface area contributed by atoms with Gasteiger partial charge < -0.3 is 0 Å². The van der Waals surface area contributed by atoms with Crippen molar-refractivity contribution in [2.75, 3.05) is 0 Å². The molecule has 0 bridgehead atoms. The molecule has 0 spiro atoms. The van der Waals surface area contributed by atoms with Crippen molar-refractivity contribution >= 4 is 11.3 Å². The van der Waals surface area contributed by atoms with Crippen LogP contribution in [0.3, 0.4) is 0 Å². The second-order valence-electron chi connectivity index (χ2n) is 3.68. The molecule has 0 aliphatic heterocycles. The van der Waals surface area contributed by atoms with Gasteiger partial charge in [0.2, 0.25) is 0 Å². The van der Waals surface area contributed by atoms with Crippen molar-refractivity contribution in [2.45, 2.75) is 19.4 Å². The van der Waals surface area contributed by atoms with Crippen LogP contribution in [0.5, 0.6) is 0 Å². The standard InChI is InChI=1S/C11H16N4S/c1-3-8-5-7-16-11(8)10(13-12)9-4-6-15(2)14-9/h4-7,10,13H,3,12H2,1-2H3. The highest BCUT2D eigenvalue weighted by Crippen LogP contribution is 2.28. The van der Waals surface area contributed by atoms with E-state index in [0.717, 1.165) is 12.1 Å². The topological polar surface area (TPSA) is 55.9 Å². The van der Waals surface area contributed by atoms with E-state index < -0.39 is 0 Å². The Kier molecular flexibility index (Phi) is 3.38. The molecule has 2 aromatic rings. The first-order chi connectivity index (χ1) is 7.76. The van der Waals surface area contributed by atoms with Crippen LogP contribution in [0.25, 0.3) is 0 Å². The van der Waals surface area contributed by atoms with Crippen molar-refractivity contribution in [1.29, 1.82) is 0 Å². The van der Waals surface area contributed by atoms with Gasteiger partial charge in [-0.3, -0.25) is 10.5 Å². The lowest BCUT2D eigenvalue weighted by atomic mass is 10.1. The average Bonchev–Trinajstić information content (AvgIpc) is 2.89. The zero-order valence-corrected chi connectivity index (χ0v) is 10.3. The maximum absolute atomic E-state index is 5.64. The van der Waals surface area contributed by atoms with Gasteiger partial charge in [0, 0.05) is 18.1 Å². The van der Waals surface area contributed by atoms with Crippen LogP contribution in [0.4, 0.5) is 0 Å². The lowest BCUT2D eigenvalue weighted by molar-refractivity contribution is 0.608. The molecule has 0 radical (unpaired) electrons. The van der Waals surface area contributed by atoms with E-state index in [2.05, 4.69) is 28.9 Å². The number of hydrazine groups is 1. The van der Waals surface area contributed by atoms with E-state index in [1.807, 2.05) is 19.3 Å². The Labute approximate surface area is 99.1 Å². The van der Waals surface area contributed by atoms with E-state index in [1.54, 1.807) is 16.0 Å². The van der Waals surface area contributed by atoms with Gasteiger partial charge in [-0.15, -0.1) is 11.3 Å². The predicted octanol–water partition coefficient (Wildman–Crippen LogP) is 1.60. The molecule has 2 aromatic heterocycles. The largest absolute Gasteiger partial charge is 0.275 e. The Hall–Kier alpha value is -1.17. The van der Waals surface area contributed by atoms with E-state index in [4.69, 9.17) is 5.84 Å². The van der Waals surface area contributed by atoms with Crippen LogP contribution in [0.1, 0.15) is 29.1 Å². The van der Waals surface area contributed by atoms with Crippen LogP contribution >= 0.6 is 11.3 Å². The third-order valence-corrected chi connectivity index (χ3v) is 3.64. The van der Waals surface area contributed by atoms with Gasteiger partial charge in [-0.2, -0.15) is 5.10 Å². The summed E-state index contributed by atoms with van der Waals surface area (Å²) in [6.07, 6.45) is 2.95. The van der Waals surface area contributed by atoms with Gasteiger partial charge >= 0.3 is 0 Å². The SMILES string of the molecule is CCc1ccsc1C(NN)c1ccn(C)n1. The fourth-order valence-electron chi connectivity index (χ4n) is 1.78. The summed E-state index contributed by atoms with van der Waals surface area (Å²) in [4.78, 5) is 1.25. The van der Waals surface area contributed by atoms with Crippen molar-refractivity contribution in [3.05, 3.63) is 39.8 Å². The summed E-state index contributed by atoms with van der Waals surface area (Å²) in [6, 6.07) is 4.13. The number of hydrogen-bond donors (Lipinski definition) is 2. The van der Waals surface area contributed by atoms with Crippen LogP contribution in [-0.4, -0.2) is 9.78 Å². The molecule has 0 aliphatic carbocycles. The number of rotatable bonds is 4. The molecule has 0 saturated heterocycles. The van der Waals surface area contributed by atoms with Gasteiger partial charge in [0.15, 0.2) is 0 Å². The van der Waals surface area contributed by atoms with Crippen molar-refractivity contribution in [3.63, 3.8) is 0 Å². The first-order valence-electron chi connectivity index (χ1n) is 5.28. The van der Waals surface area contributed by atoms with Gasteiger partial charge in [-0.05, 0) is 29.5 Å². The number of nitrogens with two attached hydrogens (primary N) is 1. The second-order valence-corrected chi connectivity index (χ2v) is 4.63. The third-order valence-electron chi connectivity index (χ3n) is 2.62. The molecule has 1 unspecified atom stereocenters. The minimum atomic E-state index is -0.00356. The smallest absolute Gasteiger partial charge is 0.0994 e. The summed E-state index contributed by atoms with van der Waals surface area (Å²) >= 11 is 1.72. The number of hydrogen-bond acceptors (Lipinski definition) is 4. The van der Waals surface area contributed by atoms with Gasteiger partial charge in [0.1, 0.15) is 0 Å². The van der Waals surface area contributed by atoms with Crippen LogP contribution in [0.2, 0.25) is 0 Å². The van der Waals surface area contributed by atoms with E-state index in [-0.39, 0.29) is 6.04 Å².